The van der Waals surface area contributed by atoms with Gasteiger partial charge in [0.05, 0.1) is 0 Å². The maximum atomic E-state index is 6.03. The second-order valence-corrected chi connectivity index (χ2v) is 7.41. The third kappa shape index (κ3) is 3.37. The van der Waals surface area contributed by atoms with E-state index >= 15 is 0 Å². The average molecular weight is 368 g/mol. The second-order valence-electron chi connectivity index (χ2n) is 6.97. The van der Waals surface area contributed by atoms with Crippen LogP contribution in [0.2, 0.25) is 5.02 Å². The number of aryl methyl sites for hydroxylation is 1. The largest absolute Gasteiger partial charge is 0.364 e. The number of anilines is 1. The van der Waals surface area contributed by atoms with E-state index in [9.17, 15) is 0 Å². The highest BCUT2D eigenvalue weighted by Crippen LogP contribution is 2.32. The van der Waals surface area contributed by atoms with E-state index < -0.39 is 0 Å². The minimum atomic E-state index is 0.390. The summed E-state index contributed by atoms with van der Waals surface area (Å²) >= 11 is 6.03. The lowest BCUT2D eigenvalue weighted by atomic mass is 10.0. The molecule has 3 aromatic rings. The van der Waals surface area contributed by atoms with Gasteiger partial charge in [-0.2, -0.15) is 0 Å². The zero-order valence-corrected chi connectivity index (χ0v) is 15.8. The fraction of sp³-hybridized carbons (Fsp3) is 0.350. The van der Waals surface area contributed by atoms with Crippen molar-refractivity contribution in [3.63, 3.8) is 0 Å². The van der Waals surface area contributed by atoms with Gasteiger partial charge in [-0.25, -0.2) is 0 Å². The van der Waals surface area contributed by atoms with Crippen LogP contribution >= 0.6 is 11.6 Å². The number of piperidine rings is 1. The molecule has 0 amide bonds. The molecular formula is C20H22ClN5. The highest BCUT2D eigenvalue weighted by Gasteiger charge is 2.20. The van der Waals surface area contributed by atoms with Crippen molar-refractivity contribution >= 4 is 28.2 Å². The quantitative estimate of drug-likeness (QED) is 0.753. The number of likely N-dealkylation sites (tertiary alicyclic amines) is 1. The SMILES string of the molecule is Cc1nccc2c(NC3CCCN(C)C3)nnc(-c3ccc(Cl)cc3)c12. The van der Waals surface area contributed by atoms with Crippen LogP contribution in [0.15, 0.2) is 36.5 Å². The summed E-state index contributed by atoms with van der Waals surface area (Å²) in [6.07, 6.45) is 4.18. The molecular weight excluding hydrogens is 346 g/mol. The third-order valence-electron chi connectivity index (χ3n) is 4.97. The molecule has 5 nitrogen and oxygen atoms in total. The van der Waals surface area contributed by atoms with Gasteiger partial charge in [0.2, 0.25) is 0 Å². The number of nitrogens with one attached hydrogen (secondary N) is 1. The van der Waals surface area contributed by atoms with Crippen LogP contribution in [0.3, 0.4) is 0 Å². The van der Waals surface area contributed by atoms with E-state index in [1.807, 2.05) is 43.5 Å². The topological polar surface area (TPSA) is 53.9 Å². The van der Waals surface area contributed by atoms with Crippen molar-refractivity contribution in [2.24, 2.45) is 0 Å². The Hall–Kier alpha value is -2.24. The number of benzene rings is 1. The number of hydrogen-bond acceptors (Lipinski definition) is 5. The molecule has 0 saturated carbocycles. The number of pyridine rings is 1. The van der Waals surface area contributed by atoms with E-state index in [-0.39, 0.29) is 0 Å². The zero-order valence-electron chi connectivity index (χ0n) is 15.0. The number of nitrogens with zero attached hydrogens (tertiary/aromatic N) is 4. The number of halogens is 1. The minimum absolute atomic E-state index is 0.390. The predicted molar refractivity (Wildman–Crippen MR) is 107 cm³/mol. The van der Waals surface area contributed by atoms with Gasteiger partial charge in [-0.15, -0.1) is 10.2 Å². The van der Waals surface area contributed by atoms with Gasteiger partial charge in [0, 0.05) is 45.8 Å². The molecule has 134 valence electrons. The molecule has 1 saturated heterocycles. The molecule has 1 aliphatic heterocycles. The summed E-state index contributed by atoms with van der Waals surface area (Å²) in [5.74, 6) is 0.837. The van der Waals surface area contributed by atoms with Crippen LogP contribution in [0, 0.1) is 6.92 Å². The molecule has 1 fully saturated rings. The number of fused-ring (bicyclic) bond motifs is 1. The molecule has 6 heteroatoms. The summed E-state index contributed by atoms with van der Waals surface area (Å²) < 4.78 is 0. The smallest absolute Gasteiger partial charge is 0.157 e. The summed E-state index contributed by atoms with van der Waals surface area (Å²) in [4.78, 5) is 6.83. The predicted octanol–water partition coefficient (Wildman–Crippen LogP) is 4.16. The standard InChI is InChI=1S/C20H22ClN5/c1-13-18-17(9-10-22-13)20(23-16-4-3-11-26(2)12-16)25-24-19(18)14-5-7-15(21)8-6-14/h5-10,16H,3-4,11-12H2,1-2H3,(H,23,25). The maximum absolute atomic E-state index is 6.03. The number of aromatic nitrogens is 3. The van der Waals surface area contributed by atoms with Crippen LogP contribution in [0.1, 0.15) is 18.5 Å². The molecule has 3 heterocycles. The Balaban J connectivity index is 1.78. The van der Waals surface area contributed by atoms with Gasteiger partial charge >= 0.3 is 0 Å². The number of hydrogen-bond donors (Lipinski definition) is 1. The zero-order chi connectivity index (χ0) is 18.1. The Bertz CT molecular complexity index is 925. The summed E-state index contributed by atoms with van der Waals surface area (Å²) in [5, 5.41) is 15.5. The van der Waals surface area contributed by atoms with Gasteiger partial charge in [0.15, 0.2) is 5.82 Å². The number of likely N-dealkylation sites (N-methyl/N-ethyl adjacent to an activating group) is 1. The molecule has 1 aliphatic rings. The van der Waals surface area contributed by atoms with Crippen molar-refractivity contribution in [3.8, 4) is 11.3 Å². The van der Waals surface area contributed by atoms with Gasteiger partial charge < -0.3 is 10.2 Å². The number of rotatable bonds is 3. The highest BCUT2D eigenvalue weighted by atomic mass is 35.5. The lowest BCUT2D eigenvalue weighted by molar-refractivity contribution is 0.261. The molecule has 1 unspecified atom stereocenters. The van der Waals surface area contributed by atoms with Gasteiger partial charge in [-0.1, -0.05) is 23.7 Å². The Kier molecular flexibility index (Phi) is 4.74. The first kappa shape index (κ1) is 17.2. The average Bonchev–Trinajstić information content (AvgIpc) is 2.63. The van der Waals surface area contributed by atoms with Crippen LogP contribution in [0.25, 0.3) is 22.0 Å². The van der Waals surface area contributed by atoms with Gasteiger partial charge in [0.1, 0.15) is 5.69 Å². The molecule has 1 atom stereocenters. The van der Waals surface area contributed by atoms with Crippen molar-refractivity contribution < 1.29 is 0 Å². The first-order valence-corrected chi connectivity index (χ1v) is 9.32. The van der Waals surface area contributed by atoms with Crippen LogP contribution < -0.4 is 5.32 Å². The first-order valence-electron chi connectivity index (χ1n) is 8.95. The van der Waals surface area contributed by atoms with Gasteiger partial charge in [-0.05, 0) is 51.6 Å². The Morgan fingerprint density at radius 1 is 1.15 bits per heavy atom. The Labute approximate surface area is 158 Å². The third-order valence-corrected chi connectivity index (χ3v) is 5.22. The Morgan fingerprint density at radius 2 is 1.96 bits per heavy atom. The van der Waals surface area contributed by atoms with Crippen molar-refractivity contribution in [3.05, 3.63) is 47.2 Å². The molecule has 26 heavy (non-hydrogen) atoms. The Morgan fingerprint density at radius 3 is 2.73 bits per heavy atom. The van der Waals surface area contributed by atoms with E-state index in [0.29, 0.717) is 11.1 Å². The van der Waals surface area contributed by atoms with Crippen LogP contribution in [-0.2, 0) is 0 Å². The monoisotopic (exact) mass is 367 g/mol. The normalized spacial score (nSPS) is 18.2. The maximum Gasteiger partial charge on any atom is 0.157 e. The lowest BCUT2D eigenvalue weighted by Crippen LogP contribution is -2.40. The van der Waals surface area contributed by atoms with E-state index in [2.05, 4.69) is 32.4 Å². The molecule has 4 rings (SSSR count). The fourth-order valence-corrected chi connectivity index (χ4v) is 3.79. The van der Waals surface area contributed by atoms with Crippen molar-refractivity contribution in [2.45, 2.75) is 25.8 Å². The van der Waals surface area contributed by atoms with Gasteiger partial charge in [-0.3, -0.25) is 4.98 Å². The summed E-state index contributed by atoms with van der Waals surface area (Å²) in [7, 11) is 2.16. The molecule has 1 aromatic carbocycles. The molecule has 1 N–H and O–H groups in total. The van der Waals surface area contributed by atoms with E-state index in [1.54, 1.807) is 0 Å². The highest BCUT2D eigenvalue weighted by molar-refractivity contribution is 6.30. The van der Waals surface area contributed by atoms with Crippen molar-refractivity contribution in [2.75, 3.05) is 25.5 Å². The van der Waals surface area contributed by atoms with Crippen LogP contribution in [-0.4, -0.2) is 46.3 Å². The summed E-state index contributed by atoms with van der Waals surface area (Å²) in [6, 6.07) is 10.1. The van der Waals surface area contributed by atoms with E-state index in [1.165, 1.54) is 6.42 Å². The lowest BCUT2D eigenvalue weighted by Gasteiger charge is -2.30. The van der Waals surface area contributed by atoms with E-state index in [4.69, 9.17) is 11.6 Å². The molecule has 0 radical (unpaired) electrons. The minimum Gasteiger partial charge on any atom is -0.364 e. The summed E-state index contributed by atoms with van der Waals surface area (Å²) in [5.41, 5.74) is 2.78. The van der Waals surface area contributed by atoms with Crippen LogP contribution in [0.5, 0.6) is 0 Å². The van der Waals surface area contributed by atoms with E-state index in [0.717, 1.165) is 53.1 Å². The van der Waals surface area contributed by atoms with Crippen LogP contribution in [0.4, 0.5) is 5.82 Å². The fourth-order valence-electron chi connectivity index (χ4n) is 3.66. The van der Waals surface area contributed by atoms with Crippen molar-refractivity contribution in [1.82, 2.24) is 20.1 Å². The molecule has 0 spiro atoms. The summed E-state index contributed by atoms with van der Waals surface area (Å²) in [6.45, 7) is 4.19. The second kappa shape index (κ2) is 7.17. The molecule has 2 aromatic heterocycles. The van der Waals surface area contributed by atoms with Crippen molar-refractivity contribution in [1.29, 1.82) is 0 Å². The first-order chi connectivity index (χ1) is 12.6. The van der Waals surface area contributed by atoms with Gasteiger partial charge in [0.25, 0.3) is 0 Å². The molecule has 0 bridgehead atoms. The molecule has 0 aliphatic carbocycles.